The first-order valence-corrected chi connectivity index (χ1v) is 12.1. The van der Waals surface area contributed by atoms with Gasteiger partial charge in [-0.2, -0.15) is 0 Å². The molecule has 1 unspecified atom stereocenters. The van der Waals surface area contributed by atoms with Gasteiger partial charge in [-0.1, -0.05) is 13.8 Å². The fourth-order valence-corrected chi connectivity index (χ4v) is 6.50. The van der Waals surface area contributed by atoms with Gasteiger partial charge in [-0.05, 0) is 31.1 Å². The second-order valence-corrected chi connectivity index (χ2v) is 10.8. The van der Waals surface area contributed by atoms with Crippen molar-refractivity contribution in [3.8, 4) is 5.75 Å². The summed E-state index contributed by atoms with van der Waals surface area (Å²) in [5, 5.41) is 44.2. The Kier molecular flexibility index (Phi) is 5.53. The number of ketones is 2. The summed E-state index contributed by atoms with van der Waals surface area (Å²) in [5.41, 5.74) is 2.10. The van der Waals surface area contributed by atoms with E-state index in [-0.39, 0.29) is 35.3 Å². The molecule has 0 aromatic heterocycles. The highest BCUT2D eigenvalue weighted by Crippen LogP contribution is 2.53. The Morgan fingerprint density at radius 2 is 1.86 bits per heavy atom. The van der Waals surface area contributed by atoms with Crippen molar-refractivity contribution in [2.75, 3.05) is 13.1 Å². The molecule has 0 radical (unpaired) electrons. The van der Waals surface area contributed by atoms with Gasteiger partial charge in [0.15, 0.2) is 11.4 Å². The maximum atomic E-state index is 15.9. The van der Waals surface area contributed by atoms with Crippen LogP contribution in [0, 0.1) is 23.6 Å². The number of rotatable bonds is 3. The highest BCUT2D eigenvalue weighted by molar-refractivity contribution is 6.22. The number of halogens is 1. The third kappa shape index (κ3) is 3.24. The van der Waals surface area contributed by atoms with E-state index in [4.69, 9.17) is 5.73 Å². The zero-order valence-corrected chi connectivity index (χ0v) is 20.1. The molecular formula is C26H29FN2O7. The van der Waals surface area contributed by atoms with Crippen LogP contribution >= 0.6 is 0 Å². The first-order valence-electron chi connectivity index (χ1n) is 12.1. The smallest absolute Gasteiger partial charge is 0.255 e. The molecule has 4 aliphatic rings. The number of aromatic hydroxyl groups is 1. The summed E-state index contributed by atoms with van der Waals surface area (Å²) in [4.78, 5) is 39.8. The quantitative estimate of drug-likeness (QED) is 0.391. The minimum absolute atomic E-state index is 0.0281. The van der Waals surface area contributed by atoms with Gasteiger partial charge in [0.25, 0.3) is 5.91 Å². The van der Waals surface area contributed by atoms with Gasteiger partial charge in [-0.15, -0.1) is 0 Å². The molecule has 0 spiro atoms. The molecule has 5 rings (SSSR count). The van der Waals surface area contributed by atoms with Crippen molar-refractivity contribution < 1.29 is 39.2 Å². The predicted molar refractivity (Wildman–Crippen MR) is 125 cm³/mol. The van der Waals surface area contributed by atoms with Crippen LogP contribution < -0.4 is 5.73 Å². The highest BCUT2D eigenvalue weighted by atomic mass is 19.1. The van der Waals surface area contributed by atoms with Crippen molar-refractivity contribution in [1.29, 1.82) is 0 Å². The van der Waals surface area contributed by atoms with Crippen molar-refractivity contribution in [2.45, 2.75) is 51.7 Å². The molecule has 3 aliphatic carbocycles. The number of carbonyl (C=O) groups excluding carboxylic acids is 3. The predicted octanol–water partition coefficient (Wildman–Crippen LogP) is 1.58. The number of nitrogens with zero attached hydrogens (tertiary/aromatic N) is 1. The number of phenolic OH excluding ortho intramolecular Hbond substituents is 1. The lowest BCUT2D eigenvalue weighted by atomic mass is 9.59. The SMILES string of the molecule is CC(C)CN1CCc2c(O)c3c(c(F)c2C1)CC1C[C@H]2CC(=O)C(C(N)=O)=C(O)[C@@]2(O)C(=O)C1=C3O. The zero-order chi connectivity index (χ0) is 26.3. The molecule has 1 heterocycles. The number of aliphatic hydroxyl groups excluding tert-OH is 2. The van der Waals surface area contributed by atoms with E-state index in [1.807, 2.05) is 0 Å². The molecule has 192 valence electrons. The number of Topliss-reactive ketones (excluding diaryl/α,β-unsaturated/α-hetero) is 2. The molecule has 36 heavy (non-hydrogen) atoms. The molecule has 1 aromatic carbocycles. The summed E-state index contributed by atoms with van der Waals surface area (Å²) in [7, 11) is 0. The molecule has 9 nitrogen and oxygen atoms in total. The fourth-order valence-electron chi connectivity index (χ4n) is 6.50. The van der Waals surface area contributed by atoms with E-state index in [0.717, 1.165) is 6.54 Å². The molecule has 10 heteroatoms. The lowest BCUT2D eigenvalue weighted by Crippen LogP contribution is -2.58. The maximum absolute atomic E-state index is 15.9. The van der Waals surface area contributed by atoms with Crippen LogP contribution in [0.2, 0.25) is 0 Å². The van der Waals surface area contributed by atoms with Gasteiger partial charge in [0.1, 0.15) is 28.7 Å². The summed E-state index contributed by atoms with van der Waals surface area (Å²) in [5.74, 6) is -7.24. The van der Waals surface area contributed by atoms with E-state index < -0.39 is 64.2 Å². The number of aliphatic hydroxyl groups is 3. The summed E-state index contributed by atoms with van der Waals surface area (Å²) >= 11 is 0. The maximum Gasteiger partial charge on any atom is 0.255 e. The summed E-state index contributed by atoms with van der Waals surface area (Å²) in [6.45, 7) is 5.81. The number of carbonyl (C=O) groups is 3. The van der Waals surface area contributed by atoms with E-state index in [2.05, 4.69) is 18.7 Å². The number of nitrogens with two attached hydrogens (primary N) is 1. The number of hydrogen-bond donors (Lipinski definition) is 5. The summed E-state index contributed by atoms with van der Waals surface area (Å²) < 4.78 is 15.9. The number of fused-ring (bicyclic) bond motifs is 4. The number of phenols is 1. The van der Waals surface area contributed by atoms with Crippen molar-refractivity contribution in [2.24, 2.45) is 23.5 Å². The highest BCUT2D eigenvalue weighted by Gasteiger charge is 2.60. The van der Waals surface area contributed by atoms with Gasteiger partial charge in [0, 0.05) is 54.2 Å². The first-order chi connectivity index (χ1) is 16.9. The van der Waals surface area contributed by atoms with Crippen LogP contribution in [-0.4, -0.2) is 61.5 Å². The van der Waals surface area contributed by atoms with Gasteiger partial charge in [0.2, 0.25) is 5.78 Å². The summed E-state index contributed by atoms with van der Waals surface area (Å²) in [6, 6.07) is 0. The standard InChI is InChI=1S/C26H29FN2O7/c1-10(2)8-29-4-3-13-15(9-29)20(27)14-6-11-5-12-7-16(30)19(25(28)35)24(34)26(12,36)23(33)17(11)22(32)18(14)21(13)31/h10-12,31-32,34,36H,3-9H2,1-2H3,(H2,28,35)/t11?,12-,26-/m0/s1. The van der Waals surface area contributed by atoms with Crippen LogP contribution in [-0.2, 0) is 33.8 Å². The number of primary amides is 1. The third-order valence-corrected chi connectivity index (χ3v) is 8.06. The second kappa shape index (κ2) is 8.14. The zero-order valence-electron chi connectivity index (χ0n) is 20.1. The van der Waals surface area contributed by atoms with Gasteiger partial charge < -0.3 is 26.2 Å². The molecule has 1 fully saturated rings. The van der Waals surface area contributed by atoms with Crippen LogP contribution in [0.5, 0.6) is 5.75 Å². The van der Waals surface area contributed by atoms with E-state index in [1.54, 1.807) is 0 Å². The Morgan fingerprint density at radius 1 is 1.17 bits per heavy atom. The number of benzene rings is 1. The monoisotopic (exact) mass is 500 g/mol. The molecule has 1 aliphatic heterocycles. The van der Waals surface area contributed by atoms with Crippen LogP contribution in [0.1, 0.15) is 48.9 Å². The van der Waals surface area contributed by atoms with E-state index in [9.17, 15) is 34.8 Å². The largest absolute Gasteiger partial charge is 0.508 e. The van der Waals surface area contributed by atoms with Crippen LogP contribution in [0.4, 0.5) is 4.39 Å². The molecule has 0 saturated heterocycles. The van der Waals surface area contributed by atoms with Gasteiger partial charge in [0.05, 0.1) is 5.56 Å². The Labute approximate surface area is 206 Å². The Morgan fingerprint density at radius 3 is 2.50 bits per heavy atom. The molecule has 1 saturated carbocycles. The molecule has 1 aromatic rings. The number of hydrogen-bond acceptors (Lipinski definition) is 8. The average molecular weight is 501 g/mol. The Hall–Kier alpha value is -3.24. The molecule has 0 bridgehead atoms. The van der Waals surface area contributed by atoms with Gasteiger partial charge >= 0.3 is 0 Å². The fraction of sp³-hybridized carbons (Fsp3) is 0.500. The lowest BCUT2D eigenvalue weighted by molar-refractivity contribution is -0.147. The second-order valence-electron chi connectivity index (χ2n) is 10.8. The van der Waals surface area contributed by atoms with Crippen molar-refractivity contribution in [1.82, 2.24) is 4.90 Å². The van der Waals surface area contributed by atoms with Crippen molar-refractivity contribution in [3.63, 3.8) is 0 Å². The normalized spacial score (nSPS) is 28.1. The van der Waals surface area contributed by atoms with Gasteiger partial charge in [-0.25, -0.2) is 4.39 Å². The topological polar surface area (TPSA) is 161 Å². The minimum atomic E-state index is -2.63. The molecule has 1 amide bonds. The van der Waals surface area contributed by atoms with Crippen LogP contribution in [0.3, 0.4) is 0 Å². The van der Waals surface area contributed by atoms with Gasteiger partial charge in [-0.3, -0.25) is 19.3 Å². The first kappa shape index (κ1) is 24.5. The molecular weight excluding hydrogens is 471 g/mol. The third-order valence-electron chi connectivity index (χ3n) is 8.06. The lowest BCUT2D eigenvalue weighted by Gasteiger charge is -2.46. The molecule has 3 atom stereocenters. The number of amides is 1. The van der Waals surface area contributed by atoms with E-state index in [1.165, 1.54) is 0 Å². The van der Waals surface area contributed by atoms with Crippen LogP contribution in [0.15, 0.2) is 16.9 Å². The van der Waals surface area contributed by atoms with E-state index in [0.29, 0.717) is 36.6 Å². The molecule has 6 N–H and O–H groups in total. The summed E-state index contributed by atoms with van der Waals surface area (Å²) in [6.07, 6.45) is -0.118. The van der Waals surface area contributed by atoms with Crippen molar-refractivity contribution in [3.05, 3.63) is 45.0 Å². The van der Waals surface area contributed by atoms with Crippen LogP contribution in [0.25, 0.3) is 5.76 Å². The Balaban J connectivity index is 1.65. The van der Waals surface area contributed by atoms with Crippen molar-refractivity contribution >= 4 is 23.2 Å². The Bertz CT molecular complexity index is 1300. The van der Waals surface area contributed by atoms with E-state index >= 15 is 4.39 Å². The minimum Gasteiger partial charge on any atom is -0.508 e. The average Bonchev–Trinajstić information content (AvgIpc) is 2.79.